The Kier molecular flexibility index (Phi) is 1.91. The summed E-state index contributed by atoms with van der Waals surface area (Å²) in [4.78, 5) is 10.5. The van der Waals surface area contributed by atoms with Crippen molar-refractivity contribution in [2.24, 2.45) is 0 Å². The van der Waals surface area contributed by atoms with E-state index in [0.29, 0.717) is 25.3 Å². The van der Waals surface area contributed by atoms with Crippen LogP contribution in [-0.4, -0.2) is 24.7 Å². The zero-order chi connectivity index (χ0) is 8.39. The molecule has 12 heavy (non-hydrogen) atoms. The number of carbonyl (C=O) groups excluding carboxylic acids is 1. The summed E-state index contributed by atoms with van der Waals surface area (Å²) in [6.07, 6.45) is 2.18. The molecule has 2 rings (SSSR count). The minimum absolute atomic E-state index is 0.357. The number of fused-ring (bicyclic) bond motifs is 1. The molecule has 64 valence electrons. The standard InChI is InChI=1S/C8H9NO3/c10-5-8-6-1-3-11-4-2-7(6)9-12-8/h5H,1-4H2. The van der Waals surface area contributed by atoms with Gasteiger partial charge in [-0.2, -0.15) is 0 Å². The highest BCUT2D eigenvalue weighted by Gasteiger charge is 2.17. The molecule has 1 aromatic heterocycles. The molecule has 0 saturated carbocycles. The molecule has 0 saturated heterocycles. The van der Waals surface area contributed by atoms with Crippen LogP contribution >= 0.6 is 0 Å². The topological polar surface area (TPSA) is 52.3 Å². The first-order valence-corrected chi connectivity index (χ1v) is 3.92. The van der Waals surface area contributed by atoms with Gasteiger partial charge >= 0.3 is 0 Å². The molecule has 0 radical (unpaired) electrons. The van der Waals surface area contributed by atoms with Crippen LogP contribution in [0, 0.1) is 0 Å². The van der Waals surface area contributed by atoms with Crippen LogP contribution in [-0.2, 0) is 17.6 Å². The van der Waals surface area contributed by atoms with Crippen LogP contribution in [0.3, 0.4) is 0 Å². The van der Waals surface area contributed by atoms with Gasteiger partial charge in [0.05, 0.1) is 18.9 Å². The van der Waals surface area contributed by atoms with E-state index in [1.54, 1.807) is 0 Å². The molecule has 2 heterocycles. The third-order valence-electron chi connectivity index (χ3n) is 1.99. The molecule has 0 unspecified atom stereocenters. The van der Waals surface area contributed by atoms with Crippen molar-refractivity contribution in [2.45, 2.75) is 12.8 Å². The van der Waals surface area contributed by atoms with Gasteiger partial charge < -0.3 is 9.26 Å². The molecule has 0 amide bonds. The highest BCUT2D eigenvalue weighted by atomic mass is 16.5. The fraction of sp³-hybridized carbons (Fsp3) is 0.500. The third kappa shape index (κ3) is 1.14. The van der Waals surface area contributed by atoms with Crippen LogP contribution in [0.25, 0.3) is 0 Å². The predicted octanol–water partition coefficient (Wildman–Crippen LogP) is 0.602. The van der Waals surface area contributed by atoms with E-state index in [-0.39, 0.29) is 0 Å². The van der Waals surface area contributed by atoms with Crippen LogP contribution in [0.15, 0.2) is 4.52 Å². The lowest BCUT2D eigenvalue weighted by Gasteiger charge is -1.93. The van der Waals surface area contributed by atoms with E-state index in [9.17, 15) is 4.79 Å². The molecule has 0 aliphatic carbocycles. The minimum Gasteiger partial charge on any atom is -0.381 e. The molecule has 0 bridgehead atoms. The van der Waals surface area contributed by atoms with Crippen molar-refractivity contribution >= 4 is 6.29 Å². The molecule has 0 N–H and O–H groups in total. The van der Waals surface area contributed by atoms with E-state index in [0.717, 1.165) is 24.1 Å². The van der Waals surface area contributed by atoms with Gasteiger partial charge in [-0.05, 0) is 0 Å². The minimum atomic E-state index is 0.357. The molecule has 0 aromatic carbocycles. The molecule has 1 aliphatic rings. The lowest BCUT2D eigenvalue weighted by Crippen LogP contribution is -1.96. The average Bonchev–Trinajstić information content (AvgIpc) is 2.33. The van der Waals surface area contributed by atoms with E-state index in [1.807, 2.05) is 0 Å². The summed E-state index contributed by atoms with van der Waals surface area (Å²) in [7, 11) is 0. The van der Waals surface area contributed by atoms with Crippen molar-refractivity contribution in [3.05, 3.63) is 17.0 Å². The largest absolute Gasteiger partial charge is 0.381 e. The number of ether oxygens (including phenoxy) is 1. The number of rotatable bonds is 1. The smallest absolute Gasteiger partial charge is 0.202 e. The summed E-state index contributed by atoms with van der Waals surface area (Å²) in [6, 6.07) is 0. The maximum atomic E-state index is 10.5. The van der Waals surface area contributed by atoms with Gasteiger partial charge in [0, 0.05) is 18.4 Å². The molecule has 0 spiro atoms. The van der Waals surface area contributed by atoms with Crippen LogP contribution in [0.5, 0.6) is 0 Å². The van der Waals surface area contributed by atoms with Crippen LogP contribution in [0.2, 0.25) is 0 Å². The van der Waals surface area contributed by atoms with Gasteiger partial charge in [0.25, 0.3) is 0 Å². The predicted molar refractivity (Wildman–Crippen MR) is 40.1 cm³/mol. The van der Waals surface area contributed by atoms with Crippen LogP contribution in [0.1, 0.15) is 21.8 Å². The molecule has 1 aliphatic heterocycles. The van der Waals surface area contributed by atoms with Gasteiger partial charge in [-0.3, -0.25) is 4.79 Å². The Hall–Kier alpha value is -1.16. The Labute approximate surface area is 69.5 Å². The van der Waals surface area contributed by atoms with Gasteiger partial charge in [0.15, 0.2) is 6.29 Å². The number of nitrogens with zero attached hydrogens (tertiary/aromatic N) is 1. The maximum Gasteiger partial charge on any atom is 0.202 e. The third-order valence-corrected chi connectivity index (χ3v) is 1.99. The molecule has 1 aromatic rings. The zero-order valence-corrected chi connectivity index (χ0v) is 6.58. The van der Waals surface area contributed by atoms with E-state index < -0.39 is 0 Å². The second-order valence-corrected chi connectivity index (χ2v) is 2.70. The van der Waals surface area contributed by atoms with Gasteiger partial charge in [0.2, 0.25) is 5.76 Å². The Balaban J connectivity index is 2.38. The molecule has 0 atom stereocenters. The van der Waals surface area contributed by atoms with Gasteiger partial charge in [-0.1, -0.05) is 5.16 Å². The Morgan fingerprint density at radius 3 is 3.00 bits per heavy atom. The SMILES string of the molecule is O=Cc1onc2c1CCOCC2. The summed E-state index contributed by atoms with van der Waals surface area (Å²) in [6.45, 7) is 1.31. The molecular formula is C8H9NO3. The summed E-state index contributed by atoms with van der Waals surface area (Å²) in [5.41, 5.74) is 1.79. The van der Waals surface area contributed by atoms with Crippen molar-refractivity contribution in [1.29, 1.82) is 0 Å². The van der Waals surface area contributed by atoms with Gasteiger partial charge in [-0.15, -0.1) is 0 Å². The lowest BCUT2D eigenvalue weighted by molar-refractivity contribution is 0.108. The molecular weight excluding hydrogens is 158 g/mol. The Morgan fingerprint density at radius 1 is 1.33 bits per heavy atom. The normalized spacial score (nSPS) is 16.7. The van der Waals surface area contributed by atoms with Crippen LogP contribution in [0.4, 0.5) is 0 Å². The lowest BCUT2D eigenvalue weighted by atomic mass is 10.1. The van der Waals surface area contributed by atoms with E-state index >= 15 is 0 Å². The first-order chi connectivity index (χ1) is 5.92. The highest BCUT2D eigenvalue weighted by molar-refractivity contribution is 5.73. The summed E-state index contributed by atoms with van der Waals surface area (Å²) in [5, 5.41) is 3.80. The summed E-state index contributed by atoms with van der Waals surface area (Å²) in [5.74, 6) is 0.357. The van der Waals surface area contributed by atoms with E-state index in [1.165, 1.54) is 0 Å². The first kappa shape index (κ1) is 7.49. The Morgan fingerprint density at radius 2 is 2.17 bits per heavy atom. The number of hydrogen-bond acceptors (Lipinski definition) is 4. The number of hydrogen-bond donors (Lipinski definition) is 0. The molecule has 4 heteroatoms. The number of aromatic nitrogens is 1. The second kappa shape index (κ2) is 3.06. The number of carbonyl (C=O) groups is 1. The van der Waals surface area contributed by atoms with Crippen molar-refractivity contribution < 1.29 is 14.1 Å². The second-order valence-electron chi connectivity index (χ2n) is 2.70. The molecule has 0 fully saturated rings. The van der Waals surface area contributed by atoms with E-state index in [2.05, 4.69) is 5.16 Å². The first-order valence-electron chi connectivity index (χ1n) is 3.92. The quantitative estimate of drug-likeness (QED) is 0.575. The van der Waals surface area contributed by atoms with Crippen molar-refractivity contribution in [1.82, 2.24) is 5.16 Å². The van der Waals surface area contributed by atoms with Crippen molar-refractivity contribution in [2.75, 3.05) is 13.2 Å². The van der Waals surface area contributed by atoms with E-state index in [4.69, 9.17) is 9.26 Å². The van der Waals surface area contributed by atoms with Crippen molar-refractivity contribution in [3.63, 3.8) is 0 Å². The fourth-order valence-corrected chi connectivity index (χ4v) is 1.36. The fourth-order valence-electron chi connectivity index (χ4n) is 1.36. The zero-order valence-electron chi connectivity index (χ0n) is 6.58. The van der Waals surface area contributed by atoms with Gasteiger partial charge in [0.1, 0.15) is 0 Å². The highest BCUT2D eigenvalue weighted by Crippen LogP contribution is 2.16. The van der Waals surface area contributed by atoms with Crippen LogP contribution < -0.4 is 0 Å². The maximum absolute atomic E-state index is 10.5. The monoisotopic (exact) mass is 167 g/mol. The number of aldehydes is 1. The molecule has 4 nitrogen and oxygen atoms in total. The average molecular weight is 167 g/mol. The summed E-state index contributed by atoms with van der Waals surface area (Å²) >= 11 is 0. The van der Waals surface area contributed by atoms with Gasteiger partial charge in [-0.25, -0.2) is 0 Å². The Bertz CT molecular complexity index is 292. The van der Waals surface area contributed by atoms with Crippen molar-refractivity contribution in [3.8, 4) is 0 Å². The summed E-state index contributed by atoms with van der Waals surface area (Å²) < 4.78 is 10.1.